The van der Waals surface area contributed by atoms with E-state index in [0.717, 1.165) is 24.7 Å². The normalized spacial score (nSPS) is 11.0. The molecule has 0 atom stereocenters. The molecule has 1 heterocycles. The summed E-state index contributed by atoms with van der Waals surface area (Å²) in [6.45, 7) is 8.38. The predicted octanol–water partition coefficient (Wildman–Crippen LogP) is 2.69. The molecule has 1 rings (SSSR count). The van der Waals surface area contributed by atoms with E-state index in [-0.39, 0.29) is 0 Å². The molecule has 3 nitrogen and oxygen atoms in total. The standard InChI is InChI=1S/C14H25N3S/c1-11(2)15-9-13-8-12(3)14(16-10-13)17(4)6-7-18-5/h8,10-11,15H,6-7,9H2,1-5H3. The van der Waals surface area contributed by atoms with Crippen LogP contribution in [0.3, 0.4) is 0 Å². The third-order valence-corrected chi connectivity index (χ3v) is 3.40. The minimum absolute atomic E-state index is 0.509. The van der Waals surface area contributed by atoms with Crippen molar-refractivity contribution in [2.24, 2.45) is 0 Å². The summed E-state index contributed by atoms with van der Waals surface area (Å²) >= 11 is 1.87. The Morgan fingerprint density at radius 1 is 1.44 bits per heavy atom. The molecule has 1 N–H and O–H groups in total. The van der Waals surface area contributed by atoms with E-state index in [1.807, 2.05) is 18.0 Å². The first kappa shape index (κ1) is 15.3. The van der Waals surface area contributed by atoms with Crippen LogP contribution in [-0.2, 0) is 6.54 Å². The molecule has 102 valence electrons. The fourth-order valence-corrected chi connectivity index (χ4v) is 2.23. The number of hydrogen-bond donors (Lipinski definition) is 1. The van der Waals surface area contributed by atoms with Crippen molar-refractivity contribution in [2.45, 2.75) is 33.4 Å². The number of pyridine rings is 1. The molecule has 18 heavy (non-hydrogen) atoms. The van der Waals surface area contributed by atoms with Crippen molar-refractivity contribution in [3.63, 3.8) is 0 Å². The lowest BCUT2D eigenvalue weighted by Crippen LogP contribution is -2.24. The molecule has 0 fully saturated rings. The summed E-state index contributed by atoms with van der Waals surface area (Å²) in [7, 11) is 2.11. The summed E-state index contributed by atoms with van der Waals surface area (Å²) in [5.74, 6) is 2.23. The maximum absolute atomic E-state index is 4.59. The Balaban J connectivity index is 2.66. The molecule has 0 bridgehead atoms. The lowest BCUT2D eigenvalue weighted by molar-refractivity contribution is 0.587. The van der Waals surface area contributed by atoms with E-state index in [4.69, 9.17) is 0 Å². The highest BCUT2D eigenvalue weighted by atomic mass is 32.2. The third kappa shape index (κ3) is 4.86. The van der Waals surface area contributed by atoms with Gasteiger partial charge >= 0.3 is 0 Å². The smallest absolute Gasteiger partial charge is 0.131 e. The van der Waals surface area contributed by atoms with Crippen LogP contribution in [0, 0.1) is 6.92 Å². The van der Waals surface area contributed by atoms with Gasteiger partial charge in [0.05, 0.1) is 0 Å². The molecule has 0 unspecified atom stereocenters. The van der Waals surface area contributed by atoms with Crippen molar-refractivity contribution in [2.75, 3.05) is 30.5 Å². The molecule has 0 aliphatic heterocycles. The minimum atomic E-state index is 0.509. The first-order chi connectivity index (χ1) is 8.54. The zero-order chi connectivity index (χ0) is 13.5. The average molecular weight is 267 g/mol. The van der Waals surface area contributed by atoms with Gasteiger partial charge in [-0.15, -0.1) is 0 Å². The van der Waals surface area contributed by atoms with Gasteiger partial charge in [0.2, 0.25) is 0 Å². The average Bonchev–Trinajstić information content (AvgIpc) is 2.33. The van der Waals surface area contributed by atoms with Gasteiger partial charge in [-0.3, -0.25) is 0 Å². The van der Waals surface area contributed by atoms with Gasteiger partial charge in [0, 0.05) is 38.1 Å². The second kappa shape index (κ2) is 7.64. The maximum atomic E-state index is 4.59. The van der Waals surface area contributed by atoms with Gasteiger partial charge in [0.1, 0.15) is 5.82 Å². The lowest BCUT2D eigenvalue weighted by atomic mass is 10.2. The van der Waals surface area contributed by atoms with Crippen LogP contribution >= 0.6 is 11.8 Å². The molecule has 4 heteroatoms. The van der Waals surface area contributed by atoms with Crippen molar-refractivity contribution in [3.05, 3.63) is 23.4 Å². The summed E-state index contributed by atoms with van der Waals surface area (Å²) < 4.78 is 0. The minimum Gasteiger partial charge on any atom is -0.359 e. The molecule has 0 amide bonds. The van der Waals surface area contributed by atoms with Gasteiger partial charge in [-0.2, -0.15) is 11.8 Å². The van der Waals surface area contributed by atoms with Gasteiger partial charge in [-0.05, 0) is 30.4 Å². The fraction of sp³-hybridized carbons (Fsp3) is 0.643. The van der Waals surface area contributed by atoms with Crippen LogP contribution < -0.4 is 10.2 Å². The Morgan fingerprint density at radius 2 is 2.17 bits per heavy atom. The van der Waals surface area contributed by atoms with E-state index in [0.29, 0.717) is 6.04 Å². The van der Waals surface area contributed by atoms with Crippen molar-refractivity contribution in [1.29, 1.82) is 0 Å². The molecule has 1 aromatic rings. The van der Waals surface area contributed by atoms with Crippen LogP contribution in [0.25, 0.3) is 0 Å². The van der Waals surface area contributed by atoms with E-state index < -0.39 is 0 Å². The van der Waals surface area contributed by atoms with Crippen LogP contribution in [0.15, 0.2) is 12.3 Å². The fourth-order valence-electron chi connectivity index (χ4n) is 1.78. The number of aromatic nitrogens is 1. The molecular weight excluding hydrogens is 242 g/mol. The second-order valence-electron chi connectivity index (χ2n) is 4.93. The quantitative estimate of drug-likeness (QED) is 0.822. The largest absolute Gasteiger partial charge is 0.359 e. The Morgan fingerprint density at radius 3 is 2.72 bits per heavy atom. The van der Waals surface area contributed by atoms with Gasteiger partial charge in [0.25, 0.3) is 0 Å². The Bertz CT molecular complexity index is 366. The summed E-state index contributed by atoms with van der Waals surface area (Å²) in [6.07, 6.45) is 4.11. The zero-order valence-electron chi connectivity index (χ0n) is 12.2. The van der Waals surface area contributed by atoms with E-state index in [1.54, 1.807) is 0 Å². The highest BCUT2D eigenvalue weighted by Crippen LogP contribution is 2.17. The van der Waals surface area contributed by atoms with Gasteiger partial charge in [-0.1, -0.05) is 13.8 Å². The van der Waals surface area contributed by atoms with Gasteiger partial charge in [-0.25, -0.2) is 4.98 Å². The maximum Gasteiger partial charge on any atom is 0.131 e. The molecular formula is C14H25N3S. The molecule has 0 saturated carbocycles. The first-order valence-corrected chi connectivity index (χ1v) is 7.83. The highest BCUT2D eigenvalue weighted by molar-refractivity contribution is 7.98. The number of hydrogen-bond acceptors (Lipinski definition) is 4. The number of rotatable bonds is 7. The Labute approximate surface area is 115 Å². The van der Waals surface area contributed by atoms with Crippen molar-refractivity contribution < 1.29 is 0 Å². The Kier molecular flexibility index (Phi) is 6.50. The monoisotopic (exact) mass is 267 g/mol. The molecule has 0 spiro atoms. The van der Waals surface area contributed by atoms with Crippen LogP contribution in [-0.4, -0.2) is 36.6 Å². The van der Waals surface area contributed by atoms with Gasteiger partial charge < -0.3 is 10.2 Å². The van der Waals surface area contributed by atoms with Gasteiger partial charge in [0.15, 0.2) is 0 Å². The number of nitrogens with one attached hydrogen (secondary N) is 1. The van der Waals surface area contributed by atoms with E-state index >= 15 is 0 Å². The van der Waals surface area contributed by atoms with E-state index in [2.05, 4.69) is 55.3 Å². The third-order valence-electron chi connectivity index (χ3n) is 2.81. The molecule has 0 aromatic carbocycles. The molecule has 0 aliphatic carbocycles. The van der Waals surface area contributed by atoms with Crippen LogP contribution in [0.2, 0.25) is 0 Å². The molecule has 0 saturated heterocycles. The van der Waals surface area contributed by atoms with Crippen LogP contribution in [0.1, 0.15) is 25.0 Å². The van der Waals surface area contributed by atoms with Crippen molar-refractivity contribution in [1.82, 2.24) is 10.3 Å². The van der Waals surface area contributed by atoms with Crippen LogP contribution in [0.5, 0.6) is 0 Å². The predicted molar refractivity (Wildman–Crippen MR) is 82.6 cm³/mol. The SMILES string of the molecule is CSCCN(C)c1ncc(CNC(C)C)cc1C. The van der Waals surface area contributed by atoms with E-state index in [1.165, 1.54) is 11.1 Å². The molecule has 1 aromatic heterocycles. The molecule has 0 radical (unpaired) electrons. The van der Waals surface area contributed by atoms with Crippen LogP contribution in [0.4, 0.5) is 5.82 Å². The summed E-state index contributed by atoms with van der Waals surface area (Å²) in [6, 6.07) is 2.74. The Hall–Kier alpha value is -0.740. The lowest BCUT2D eigenvalue weighted by Gasteiger charge is -2.20. The van der Waals surface area contributed by atoms with E-state index in [9.17, 15) is 0 Å². The number of anilines is 1. The summed E-state index contributed by atoms with van der Waals surface area (Å²) in [5.41, 5.74) is 2.50. The number of thioether (sulfide) groups is 1. The zero-order valence-corrected chi connectivity index (χ0v) is 13.0. The topological polar surface area (TPSA) is 28.2 Å². The summed E-state index contributed by atoms with van der Waals surface area (Å²) in [4.78, 5) is 6.81. The summed E-state index contributed by atoms with van der Waals surface area (Å²) in [5, 5.41) is 3.42. The number of nitrogens with zero attached hydrogens (tertiary/aromatic N) is 2. The van der Waals surface area contributed by atoms with Crippen molar-refractivity contribution >= 4 is 17.6 Å². The first-order valence-electron chi connectivity index (χ1n) is 6.43. The second-order valence-corrected chi connectivity index (χ2v) is 5.92. The highest BCUT2D eigenvalue weighted by Gasteiger charge is 2.07. The molecule has 0 aliphatic rings. The van der Waals surface area contributed by atoms with Crippen molar-refractivity contribution in [3.8, 4) is 0 Å². The number of aryl methyl sites for hydroxylation is 1.